The summed E-state index contributed by atoms with van der Waals surface area (Å²) in [6, 6.07) is 2.93. The minimum absolute atomic E-state index is 0.143. The average molecular weight is 266 g/mol. The van der Waals surface area contributed by atoms with E-state index in [1.54, 1.807) is 0 Å². The minimum Gasteiger partial charge on any atom is -0.505 e. The van der Waals surface area contributed by atoms with Crippen molar-refractivity contribution >= 4 is 17.5 Å². The van der Waals surface area contributed by atoms with Gasteiger partial charge < -0.3 is 20.9 Å². The van der Waals surface area contributed by atoms with Crippen LogP contribution in [0.5, 0.6) is 11.5 Å². The van der Waals surface area contributed by atoms with Gasteiger partial charge >= 0.3 is 0 Å². The van der Waals surface area contributed by atoms with Crippen molar-refractivity contribution in [1.82, 2.24) is 0 Å². The Balaban J connectivity index is 3.00. The van der Waals surface area contributed by atoms with Crippen LogP contribution >= 0.6 is 0 Å². The van der Waals surface area contributed by atoms with Crippen molar-refractivity contribution in [3.63, 3.8) is 0 Å². The third-order valence-electron chi connectivity index (χ3n) is 2.64. The largest absolute Gasteiger partial charge is 0.505 e. The van der Waals surface area contributed by atoms with Crippen LogP contribution in [0.25, 0.3) is 0 Å². The molecule has 0 atom stereocenters. The summed E-state index contributed by atoms with van der Waals surface area (Å²) in [6.45, 7) is 1.98. The Bertz CT molecular complexity index is 486. The van der Waals surface area contributed by atoms with E-state index in [0.29, 0.717) is 6.42 Å². The molecule has 1 aromatic carbocycles. The van der Waals surface area contributed by atoms with E-state index < -0.39 is 5.91 Å². The van der Waals surface area contributed by atoms with Crippen LogP contribution in [0.4, 0.5) is 5.69 Å². The molecule has 6 heteroatoms. The number of nitrogens with one attached hydrogen (secondary N) is 1. The van der Waals surface area contributed by atoms with Crippen LogP contribution in [0.2, 0.25) is 0 Å². The molecule has 0 fully saturated rings. The molecule has 0 bridgehead atoms. The molecule has 1 rings (SSSR count). The van der Waals surface area contributed by atoms with Crippen molar-refractivity contribution in [3.8, 4) is 11.5 Å². The molecule has 6 nitrogen and oxygen atoms in total. The molecule has 0 aromatic heterocycles. The van der Waals surface area contributed by atoms with Gasteiger partial charge in [0.25, 0.3) is 5.91 Å². The lowest BCUT2D eigenvalue weighted by atomic mass is 10.1. The molecule has 0 aliphatic rings. The van der Waals surface area contributed by atoms with Crippen LogP contribution < -0.4 is 15.8 Å². The standard InChI is InChI=1S/C13H18N2O4/c1-3-4-5-10(16)15-8-6-7-9(19-2)11(12(8)17)13(14)18/h6-7,17H,3-5H2,1-2H3,(H2,14,18)(H,15,16). The van der Waals surface area contributed by atoms with Crippen LogP contribution in [0.3, 0.4) is 0 Å². The van der Waals surface area contributed by atoms with Crippen LogP contribution in [0.1, 0.15) is 36.5 Å². The monoisotopic (exact) mass is 266 g/mol. The smallest absolute Gasteiger partial charge is 0.256 e. The number of anilines is 1. The lowest BCUT2D eigenvalue weighted by Gasteiger charge is -2.12. The number of carbonyl (C=O) groups is 2. The SMILES string of the molecule is CCCCC(=O)Nc1ccc(OC)c(C(N)=O)c1O. The number of benzene rings is 1. The summed E-state index contributed by atoms with van der Waals surface area (Å²) in [5.74, 6) is -1.26. The van der Waals surface area contributed by atoms with Crippen LogP contribution in [0.15, 0.2) is 12.1 Å². The molecule has 0 saturated carbocycles. The highest BCUT2D eigenvalue weighted by Gasteiger charge is 2.19. The lowest BCUT2D eigenvalue weighted by Crippen LogP contribution is -2.15. The Morgan fingerprint density at radius 1 is 1.42 bits per heavy atom. The van der Waals surface area contributed by atoms with E-state index in [-0.39, 0.29) is 28.7 Å². The lowest BCUT2D eigenvalue weighted by molar-refractivity contribution is -0.116. The summed E-state index contributed by atoms with van der Waals surface area (Å²) in [7, 11) is 1.36. The van der Waals surface area contributed by atoms with Crippen LogP contribution in [-0.2, 0) is 4.79 Å². The fourth-order valence-electron chi connectivity index (χ4n) is 1.63. The second kappa shape index (κ2) is 6.63. The fourth-order valence-corrected chi connectivity index (χ4v) is 1.63. The molecule has 1 aromatic rings. The highest BCUT2D eigenvalue weighted by atomic mass is 16.5. The number of unbranched alkanes of at least 4 members (excludes halogenated alkanes) is 1. The van der Waals surface area contributed by atoms with E-state index in [1.165, 1.54) is 19.2 Å². The third-order valence-corrected chi connectivity index (χ3v) is 2.64. The van der Waals surface area contributed by atoms with E-state index in [1.807, 2.05) is 6.92 Å². The first-order valence-electron chi connectivity index (χ1n) is 6.00. The number of aromatic hydroxyl groups is 1. The molecule has 0 saturated heterocycles. The molecular weight excluding hydrogens is 248 g/mol. The quantitative estimate of drug-likeness (QED) is 0.681. The molecule has 0 aliphatic heterocycles. The van der Waals surface area contributed by atoms with Gasteiger partial charge in [-0.15, -0.1) is 0 Å². The molecule has 0 radical (unpaired) electrons. The van der Waals surface area contributed by atoms with Crippen molar-refractivity contribution in [2.45, 2.75) is 26.2 Å². The maximum absolute atomic E-state index is 11.6. The Morgan fingerprint density at radius 3 is 2.63 bits per heavy atom. The molecule has 19 heavy (non-hydrogen) atoms. The van der Waals surface area contributed by atoms with E-state index in [9.17, 15) is 14.7 Å². The van der Waals surface area contributed by atoms with Crippen molar-refractivity contribution < 1.29 is 19.4 Å². The molecule has 4 N–H and O–H groups in total. The number of ether oxygens (including phenoxy) is 1. The Hall–Kier alpha value is -2.24. The first kappa shape index (κ1) is 14.8. The Labute approximate surface area is 111 Å². The molecule has 0 heterocycles. The highest BCUT2D eigenvalue weighted by molar-refractivity contribution is 6.02. The summed E-state index contributed by atoms with van der Waals surface area (Å²) in [4.78, 5) is 22.9. The van der Waals surface area contributed by atoms with Gasteiger partial charge in [0.15, 0.2) is 5.75 Å². The Morgan fingerprint density at radius 2 is 2.11 bits per heavy atom. The van der Waals surface area contributed by atoms with Crippen molar-refractivity contribution in [2.75, 3.05) is 12.4 Å². The number of amides is 2. The van der Waals surface area contributed by atoms with Crippen molar-refractivity contribution in [1.29, 1.82) is 0 Å². The number of methoxy groups -OCH3 is 1. The first-order valence-corrected chi connectivity index (χ1v) is 6.00. The molecule has 0 aliphatic carbocycles. The van der Waals surface area contributed by atoms with Gasteiger partial charge in [0.1, 0.15) is 11.3 Å². The van der Waals surface area contributed by atoms with Gasteiger partial charge in [0, 0.05) is 6.42 Å². The zero-order valence-corrected chi connectivity index (χ0v) is 11.0. The van der Waals surface area contributed by atoms with Gasteiger partial charge in [-0.1, -0.05) is 13.3 Å². The summed E-state index contributed by atoms with van der Waals surface area (Å²) in [5, 5.41) is 12.5. The zero-order chi connectivity index (χ0) is 14.4. The molecule has 2 amide bonds. The van der Waals surface area contributed by atoms with E-state index in [0.717, 1.165) is 12.8 Å². The average Bonchev–Trinajstić information content (AvgIpc) is 2.37. The highest BCUT2D eigenvalue weighted by Crippen LogP contribution is 2.34. The maximum atomic E-state index is 11.6. The number of nitrogens with two attached hydrogens (primary N) is 1. The number of hydrogen-bond donors (Lipinski definition) is 3. The summed E-state index contributed by atoms with van der Waals surface area (Å²) in [6.07, 6.45) is 2.01. The minimum atomic E-state index is -0.820. The summed E-state index contributed by atoms with van der Waals surface area (Å²) in [5.41, 5.74) is 5.19. The van der Waals surface area contributed by atoms with Gasteiger partial charge in [-0.3, -0.25) is 9.59 Å². The number of phenols is 1. The van der Waals surface area contributed by atoms with Gasteiger partial charge in [-0.2, -0.15) is 0 Å². The normalized spacial score (nSPS) is 10.0. The second-order valence-corrected chi connectivity index (χ2v) is 4.05. The fraction of sp³-hybridized carbons (Fsp3) is 0.385. The predicted octanol–water partition coefficient (Wildman–Crippen LogP) is 1.63. The molecule has 0 unspecified atom stereocenters. The van der Waals surface area contributed by atoms with Gasteiger partial charge in [-0.05, 0) is 18.6 Å². The number of carbonyl (C=O) groups excluding carboxylic acids is 2. The van der Waals surface area contributed by atoms with E-state index >= 15 is 0 Å². The number of hydrogen-bond acceptors (Lipinski definition) is 4. The van der Waals surface area contributed by atoms with E-state index in [2.05, 4.69) is 5.32 Å². The van der Waals surface area contributed by atoms with Gasteiger partial charge in [0.2, 0.25) is 5.91 Å². The topological polar surface area (TPSA) is 102 Å². The molecule has 0 spiro atoms. The van der Waals surface area contributed by atoms with E-state index in [4.69, 9.17) is 10.5 Å². The van der Waals surface area contributed by atoms with Crippen LogP contribution in [-0.4, -0.2) is 24.0 Å². The Kier molecular flexibility index (Phi) is 5.17. The van der Waals surface area contributed by atoms with Crippen molar-refractivity contribution in [3.05, 3.63) is 17.7 Å². The number of rotatable bonds is 6. The maximum Gasteiger partial charge on any atom is 0.256 e. The molecule has 104 valence electrons. The first-order chi connectivity index (χ1) is 9.01. The van der Waals surface area contributed by atoms with Gasteiger partial charge in [0.05, 0.1) is 12.8 Å². The zero-order valence-electron chi connectivity index (χ0n) is 11.0. The summed E-state index contributed by atoms with van der Waals surface area (Å²) >= 11 is 0. The van der Waals surface area contributed by atoms with Crippen LogP contribution in [0, 0.1) is 0 Å². The number of primary amides is 1. The van der Waals surface area contributed by atoms with Crippen molar-refractivity contribution in [2.24, 2.45) is 5.73 Å². The third kappa shape index (κ3) is 3.61. The summed E-state index contributed by atoms with van der Waals surface area (Å²) < 4.78 is 4.94. The van der Waals surface area contributed by atoms with Gasteiger partial charge in [-0.25, -0.2) is 0 Å². The second-order valence-electron chi connectivity index (χ2n) is 4.05. The predicted molar refractivity (Wildman–Crippen MR) is 71.3 cm³/mol. The molecular formula is C13H18N2O4.